The van der Waals surface area contributed by atoms with Crippen LogP contribution in [0.5, 0.6) is 0 Å². The second kappa shape index (κ2) is 5.24. The molecule has 2 heterocycles. The number of pyridine rings is 1. The van der Waals surface area contributed by atoms with E-state index in [1.807, 2.05) is 19.9 Å². The lowest BCUT2D eigenvalue weighted by atomic mass is 9.93. The second-order valence-corrected chi connectivity index (χ2v) is 5.13. The van der Waals surface area contributed by atoms with Crippen molar-refractivity contribution >= 4 is 23.2 Å². The van der Waals surface area contributed by atoms with Gasteiger partial charge in [-0.3, -0.25) is 4.79 Å². The lowest BCUT2D eigenvalue weighted by Gasteiger charge is -2.26. The summed E-state index contributed by atoms with van der Waals surface area (Å²) in [4.78, 5) is 16.4. The maximum Gasteiger partial charge on any atom is 0.244 e. The van der Waals surface area contributed by atoms with Crippen LogP contribution < -0.4 is 10.6 Å². The summed E-state index contributed by atoms with van der Waals surface area (Å²) in [6, 6.07) is 1.84. The van der Waals surface area contributed by atoms with Crippen LogP contribution in [-0.4, -0.2) is 23.0 Å². The Balaban J connectivity index is 2.18. The number of aryl methyl sites for hydroxylation is 1. The number of rotatable bonds is 3. The topological polar surface area (TPSA) is 54.0 Å². The van der Waals surface area contributed by atoms with Gasteiger partial charge in [-0.25, -0.2) is 4.98 Å². The Kier molecular flexibility index (Phi) is 3.88. The third-order valence-corrected chi connectivity index (χ3v) is 3.81. The molecule has 1 aromatic rings. The maximum absolute atomic E-state index is 12.4. The number of nitrogens with one attached hydrogen (secondary N) is 2. The molecule has 0 bridgehead atoms. The zero-order valence-electron chi connectivity index (χ0n) is 10.7. The van der Waals surface area contributed by atoms with Crippen LogP contribution >= 0.6 is 11.6 Å². The number of carbonyl (C=O) groups is 1. The predicted molar refractivity (Wildman–Crippen MR) is 72.9 cm³/mol. The molecular formula is C13H18ClN3O. The van der Waals surface area contributed by atoms with Gasteiger partial charge < -0.3 is 10.6 Å². The van der Waals surface area contributed by atoms with E-state index in [0.717, 1.165) is 31.4 Å². The number of hydrogen-bond acceptors (Lipinski definition) is 3. The van der Waals surface area contributed by atoms with Crippen LogP contribution in [0.25, 0.3) is 0 Å². The number of aromatic nitrogens is 1. The van der Waals surface area contributed by atoms with Crippen molar-refractivity contribution in [2.45, 2.75) is 38.6 Å². The third kappa shape index (κ3) is 2.49. The molecule has 1 aliphatic rings. The number of halogens is 1. The lowest BCUT2D eigenvalue weighted by molar-refractivity contribution is -0.122. The van der Waals surface area contributed by atoms with Gasteiger partial charge in [0.15, 0.2) is 5.15 Å². The normalized spacial score (nSPS) is 23.1. The van der Waals surface area contributed by atoms with E-state index in [9.17, 15) is 4.79 Å². The molecule has 5 heteroatoms. The van der Waals surface area contributed by atoms with Crippen LogP contribution in [-0.2, 0) is 4.79 Å². The van der Waals surface area contributed by atoms with Crippen molar-refractivity contribution in [3.63, 3.8) is 0 Å². The van der Waals surface area contributed by atoms with Crippen molar-refractivity contribution in [2.24, 2.45) is 0 Å². The number of nitrogens with zero attached hydrogens (tertiary/aromatic N) is 1. The average molecular weight is 268 g/mol. The van der Waals surface area contributed by atoms with Gasteiger partial charge in [0.1, 0.15) is 0 Å². The van der Waals surface area contributed by atoms with Crippen LogP contribution in [0.4, 0.5) is 5.69 Å². The molecule has 0 radical (unpaired) electrons. The fourth-order valence-corrected chi connectivity index (χ4v) is 2.50. The monoisotopic (exact) mass is 267 g/mol. The minimum atomic E-state index is -0.451. The zero-order valence-corrected chi connectivity index (χ0v) is 11.5. The smallest absolute Gasteiger partial charge is 0.244 e. The first kappa shape index (κ1) is 13.3. The Morgan fingerprint density at radius 1 is 1.67 bits per heavy atom. The molecule has 1 amide bonds. The average Bonchev–Trinajstić information content (AvgIpc) is 2.84. The van der Waals surface area contributed by atoms with Gasteiger partial charge in [-0.2, -0.15) is 0 Å². The van der Waals surface area contributed by atoms with Gasteiger partial charge in [-0.1, -0.05) is 18.5 Å². The van der Waals surface area contributed by atoms with Crippen LogP contribution in [0.3, 0.4) is 0 Å². The van der Waals surface area contributed by atoms with Gasteiger partial charge in [0, 0.05) is 6.20 Å². The van der Waals surface area contributed by atoms with Crippen molar-refractivity contribution in [3.05, 3.63) is 23.0 Å². The fourth-order valence-electron chi connectivity index (χ4n) is 2.34. The van der Waals surface area contributed by atoms with E-state index < -0.39 is 5.54 Å². The van der Waals surface area contributed by atoms with E-state index in [4.69, 9.17) is 11.6 Å². The molecule has 1 aliphatic heterocycles. The molecule has 1 aromatic heterocycles. The summed E-state index contributed by atoms with van der Waals surface area (Å²) in [6.45, 7) is 4.83. The van der Waals surface area contributed by atoms with Gasteiger partial charge in [0.05, 0.1) is 11.2 Å². The molecule has 1 saturated heterocycles. The summed E-state index contributed by atoms with van der Waals surface area (Å²) < 4.78 is 0. The van der Waals surface area contributed by atoms with Gasteiger partial charge in [0.25, 0.3) is 0 Å². The Hall–Kier alpha value is -1.13. The molecule has 0 spiro atoms. The lowest BCUT2D eigenvalue weighted by Crippen LogP contribution is -2.50. The highest BCUT2D eigenvalue weighted by Gasteiger charge is 2.39. The minimum absolute atomic E-state index is 0.0169. The molecule has 1 unspecified atom stereocenters. The molecule has 0 saturated carbocycles. The second-order valence-electron chi connectivity index (χ2n) is 4.77. The molecule has 0 aliphatic carbocycles. The first-order valence-corrected chi connectivity index (χ1v) is 6.64. The van der Waals surface area contributed by atoms with Crippen LogP contribution in [0, 0.1) is 6.92 Å². The summed E-state index contributed by atoms with van der Waals surface area (Å²) in [5.41, 5.74) is 1.11. The minimum Gasteiger partial charge on any atom is -0.322 e. The summed E-state index contributed by atoms with van der Waals surface area (Å²) >= 11 is 5.99. The van der Waals surface area contributed by atoms with E-state index in [-0.39, 0.29) is 5.91 Å². The standard InChI is InChI=1S/C13H18ClN3O/c1-3-13(5-4-6-16-13)12(18)17-10-7-9(2)8-15-11(10)14/h7-8,16H,3-6H2,1-2H3,(H,17,18). The summed E-state index contributed by atoms with van der Waals surface area (Å²) in [7, 11) is 0. The largest absolute Gasteiger partial charge is 0.322 e. The van der Waals surface area contributed by atoms with Crippen LogP contribution in [0.1, 0.15) is 31.7 Å². The van der Waals surface area contributed by atoms with E-state index in [1.165, 1.54) is 0 Å². The van der Waals surface area contributed by atoms with Gasteiger partial charge in [-0.05, 0) is 44.4 Å². The van der Waals surface area contributed by atoms with Gasteiger partial charge >= 0.3 is 0 Å². The van der Waals surface area contributed by atoms with E-state index >= 15 is 0 Å². The van der Waals surface area contributed by atoms with E-state index in [2.05, 4.69) is 15.6 Å². The number of carbonyl (C=O) groups excluding carboxylic acids is 1. The number of anilines is 1. The third-order valence-electron chi connectivity index (χ3n) is 3.51. The number of amides is 1. The molecule has 2 rings (SSSR count). The zero-order chi connectivity index (χ0) is 13.2. The van der Waals surface area contributed by atoms with Gasteiger partial charge in [0.2, 0.25) is 5.91 Å². The molecule has 4 nitrogen and oxygen atoms in total. The highest BCUT2D eigenvalue weighted by Crippen LogP contribution is 2.27. The quantitative estimate of drug-likeness (QED) is 0.828. The Labute approximate surface area is 112 Å². The molecule has 2 N–H and O–H groups in total. The van der Waals surface area contributed by atoms with Gasteiger partial charge in [-0.15, -0.1) is 0 Å². The van der Waals surface area contributed by atoms with Crippen LogP contribution in [0.2, 0.25) is 5.15 Å². The molecular weight excluding hydrogens is 250 g/mol. The van der Waals surface area contributed by atoms with E-state index in [1.54, 1.807) is 6.20 Å². The Bertz CT molecular complexity index is 456. The molecule has 1 fully saturated rings. The first-order chi connectivity index (χ1) is 8.57. The predicted octanol–water partition coefficient (Wildman–Crippen LogP) is 2.51. The highest BCUT2D eigenvalue weighted by atomic mass is 35.5. The summed E-state index contributed by atoms with van der Waals surface area (Å²) in [6.07, 6.45) is 4.35. The Morgan fingerprint density at radius 3 is 3.06 bits per heavy atom. The van der Waals surface area contributed by atoms with Crippen molar-refractivity contribution in [1.82, 2.24) is 10.3 Å². The Morgan fingerprint density at radius 2 is 2.44 bits per heavy atom. The molecule has 18 heavy (non-hydrogen) atoms. The molecule has 98 valence electrons. The van der Waals surface area contributed by atoms with E-state index in [0.29, 0.717) is 10.8 Å². The maximum atomic E-state index is 12.4. The molecule has 1 atom stereocenters. The van der Waals surface area contributed by atoms with Crippen molar-refractivity contribution < 1.29 is 4.79 Å². The fraction of sp³-hybridized carbons (Fsp3) is 0.538. The SMILES string of the molecule is CCC1(C(=O)Nc2cc(C)cnc2Cl)CCCN1. The van der Waals surface area contributed by atoms with Crippen molar-refractivity contribution in [2.75, 3.05) is 11.9 Å². The summed E-state index contributed by atoms with van der Waals surface area (Å²) in [5, 5.41) is 6.52. The van der Waals surface area contributed by atoms with Crippen molar-refractivity contribution in [3.8, 4) is 0 Å². The van der Waals surface area contributed by atoms with Crippen molar-refractivity contribution in [1.29, 1.82) is 0 Å². The number of hydrogen-bond donors (Lipinski definition) is 2. The molecule has 0 aromatic carbocycles. The van der Waals surface area contributed by atoms with Crippen LogP contribution in [0.15, 0.2) is 12.3 Å². The first-order valence-electron chi connectivity index (χ1n) is 6.26. The summed E-state index contributed by atoms with van der Waals surface area (Å²) in [5.74, 6) is -0.0169. The highest BCUT2D eigenvalue weighted by molar-refractivity contribution is 6.32.